The second kappa shape index (κ2) is 11.5. The van der Waals surface area contributed by atoms with E-state index in [4.69, 9.17) is 14.2 Å². The zero-order valence-electron chi connectivity index (χ0n) is 21.8. The average molecular weight is 549 g/mol. The first-order valence-corrected chi connectivity index (χ1v) is 13.4. The van der Waals surface area contributed by atoms with Crippen molar-refractivity contribution < 1.29 is 28.5 Å². The summed E-state index contributed by atoms with van der Waals surface area (Å²) in [7, 11) is 0. The molecule has 1 N–H and O–H groups in total. The van der Waals surface area contributed by atoms with Gasteiger partial charge in [0.15, 0.2) is 12.1 Å². The topological polar surface area (TPSA) is 124 Å². The van der Waals surface area contributed by atoms with Crippen molar-refractivity contribution in [1.29, 1.82) is 0 Å². The van der Waals surface area contributed by atoms with Gasteiger partial charge in [-0.25, -0.2) is 14.3 Å². The van der Waals surface area contributed by atoms with Gasteiger partial charge in [-0.1, -0.05) is 6.07 Å². The van der Waals surface area contributed by atoms with Gasteiger partial charge in [0.25, 0.3) is 5.88 Å². The van der Waals surface area contributed by atoms with E-state index in [9.17, 15) is 9.90 Å². The minimum Gasteiger partial charge on any atom is -0.470 e. The molecular weight excluding hydrogens is 519 g/mol. The third-order valence-corrected chi connectivity index (χ3v) is 7.06. The number of ether oxygens (including phenoxy) is 3. The number of likely N-dealkylation sites (tertiary alicyclic amines) is 1. The van der Waals surface area contributed by atoms with Crippen LogP contribution >= 0.6 is 0 Å². The Morgan fingerprint density at radius 1 is 1.18 bits per heavy atom. The second-order valence-electron chi connectivity index (χ2n) is 9.86. The van der Waals surface area contributed by atoms with Gasteiger partial charge >= 0.3 is 6.09 Å². The number of carbonyl (C=O) groups is 1. The smallest absolute Gasteiger partial charge is 0.407 e. The molecule has 0 saturated carbocycles. The van der Waals surface area contributed by atoms with Crippen molar-refractivity contribution in [2.24, 2.45) is 0 Å². The molecule has 208 valence electrons. The molecule has 0 bridgehead atoms. The van der Waals surface area contributed by atoms with Crippen LogP contribution in [0.3, 0.4) is 0 Å². The molecule has 6 heterocycles. The molecule has 0 aliphatic carbocycles. The Morgan fingerprint density at radius 3 is 2.95 bits per heavy atom. The van der Waals surface area contributed by atoms with Crippen LogP contribution in [0.2, 0.25) is 0 Å². The highest BCUT2D eigenvalue weighted by molar-refractivity contribution is 5.77. The number of hydrogen-bond donors (Lipinski definition) is 1. The van der Waals surface area contributed by atoms with E-state index in [1.807, 2.05) is 18.2 Å². The molecule has 4 aromatic heterocycles. The number of rotatable bonds is 7. The van der Waals surface area contributed by atoms with Crippen molar-refractivity contribution in [3.05, 3.63) is 60.4 Å². The van der Waals surface area contributed by atoms with Gasteiger partial charge in [-0.2, -0.15) is 14.5 Å². The molecule has 11 nitrogen and oxygen atoms in total. The second-order valence-corrected chi connectivity index (χ2v) is 9.86. The maximum Gasteiger partial charge on any atom is 0.407 e. The molecule has 0 aromatic carbocycles. The quantitative estimate of drug-likeness (QED) is 0.354. The van der Waals surface area contributed by atoms with Crippen LogP contribution in [-0.2, 0) is 16.1 Å². The first-order valence-electron chi connectivity index (χ1n) is 13.4. The van der Waals surface area contributed by atoms with Crippen molar-refractivity contribution >= 4 is 11.6 Å². The molecule has 12 heteroatoms. The summed E-state index contributed by atoms with van der Waals surface area (Å²) in [5.41, 5.74) is 2.48. The molecule has 0 spiro atoms. The number of carboxylic acid groups (broad SMARTS) is 1. The normalized spacial score (nSPS) is 19.6. The zero-order chi connectivity index (χ0) is 27.5. The Kier molecular flexibility index (Phi) is 7.51. The van der Waals surface area contributed by atoms with Crippen LogP contribution < -0.4 is 4.74 Å². The predicted octanol–water partition coefficient (Wildman–Crippen LogP) is 4.56. The van der Waals surface area contributed by atoms with Crippen molar-refractivity contribution in [1.82, 2.24) is 29.5 Å². The van der Waals surface area contributed by atoms with Crippen LogP contribution in [0.1, 0.15) is 37.8 Å². The van der Waals surface area contributed by atoms with Crippen LogP contribution in [0.5, 0.6) is 5.88 Å². The summed E-state index contributed by atoms with van der Waals surface area (Å²) >= 11 is 0. The summed E-state index contributed by atoms with van der Waals surface area (Å²) in [6.45, 7) is 1.42. The Labute approximate surface area is 229 Å². The standard InChI is InChI=1S/C28H29FN6O5/c29-24-25(18-9-10-30-19(14-18)17-39-23-8-2-4-13-38-23)32-26(21-15-31-35-12-3-1-7-22(21)35)33-27(24)40-20-6-5-11-34(16-20)28(36)37/h1,3,7,9-10,12,14-15,20,23H,2,4-6,8,11,13,16-17H2,(H,36,37)/t20-,23?/m1/s1. The molecule has 2 saturated heterocycles. The molecule has 40 heavy (non-hydrogen) atoms. The molecule has 2 atom stereocenters. The summed E-state index contributed by atoms with van der Waals surface area (Å²) in [6.07, 6.45) is 7.23. The molecular formula is C28H29FN6O5. The lowest BCUT2D eigenvalue weighted by molar-refractivity contribution is -0.169. The fourth-order valence-corrected chi connectivity index (χ4v) is 5.01. The van der Waals surface area contributed by atoms with Crippen LogP contribution in [0.25, 0.3) is 28.2 Å². The van der Waals surface area contributed by atoms with Crippen LogP contribution in [0.15, 0.2) is 48.9 Å². The van der Waals surface area contributed by atoms with Crippen LogP contribution in [0, 0.1) is 5.82 Å². The first kappa shape index (κ1) is 26.1. The summed E-state index contributed by atoms with van der Waals surface area (Å²) in [4.78, 5) is 26.2. The van der Waals surface area contributed by atoms with Gasteiger partial charge < -0.3 is 24.2 Å². The molecule has 1 unspecified atom stereocenters. The molecule has 0 radical (unpaired) electrons. The van der Waals surface area contributed by atoms with Gasteiger partial charge in [0.1, 0.15) is 11.8 Å². The molecule has 2 aliphatic heterocycles. The van der Waals surface area contributed by atoms with Crippen molar-refractivity contribution in [3.8, 4) is 28.5 Å². The number of piperidine rings is 1. The maximum atomic E-state index is 16.0. The maximum absolute atomic E-state index is 16.0. The number of aromatic nitrogens is 5. The lowest BCUT2D eigenvalue weighted by Gasteiger charge is -2.30. The number of pyridine rings is 2. The number of amides is 1. The van der Waals surface area contributed by atoms with E-state index in [1.165, 1.54) is 4.90 Å². The van der Waals surface area contributed by atoms with Crippen LogP contribution in [0.4, 0.5) is 9.18 Å². The molecule has 2 fully saturated rings. The summed E-state index contributed by atoms with van der Waals surface area (Å²) < 4.78 is 35.3. The van der Waals surface area contributed by atoms with Crippen molar-refractivity contribution in [2.75, 3.05) is 19.7 Å². The van der Waals surface area contributed by atoms with E-state index < -0.39 is 18.0 Å². The average Bonchev–Trinajstić information content (AvgIpc) is 3.42. The lowest BCUT2D eigenvalue weighted by Crippen LogP contribution is -2.43. The van der Waals surface area contributed by atoms with E-state index in [2.05, 4.69) is 20.1 Å². The van der Waals surface area contributed by atoms with E-state index in [0.29, 0.717) is 42.8 Å². The Morgan fingerprint density at radius 2 is 2.10 bits per heavy atom. The van der Waals surface area contributed by atoms with E-state index >= 15 is 4.39 Å². The van der Waals surface area contributed by atoms with Crippen LogP contribution in [-0.4, -0.2) is 72.8 Å². The van der Waals surface area contributed by atoms with Gasteiger partial charge in [0, 0.05) is 31.1 Å². The number of fused-ring (bicyclic) bond motifs is 1. The predicted molar refractivity (Wildman–Crippen MR) is 141 cm³/mol. The van der Waals surface area contributed by atoms with Gasteiger partial charge in [-0.05, 0) is 56.4 Å². The Bertz CT molecular complexity index is 1510. The lowest BCUT2D eigenvalue weighted by atomic mass is 10.1. The zero-order valence-corrected chi connectivity index (χ0v) is 21.8. The summed E-state index contributed by atoms with van der Waals surface area (Å²) in [5, 5.41) is 13.8. The largest absolute Gasteiger partial charge is 0.470 e. The fourth-order valence-electron chi connectivity index (χ4n) is 5.01. The first-order chi connectivity index (χ1) is 19.5. The minimum atomic E-state index is -1.03. The van der Waals surface area contributed by atoms with Crippen molar-refractivity contribution in [3.63, 3.8) is 0 Å². The third kappa shape index (κ3) is 5.58. The van der Waals surface area contributed by atoms with Crippen molar-refractivity contribution in [2.45, 2.75) is 51.1 Å². The number of halogens is 1. The Balaban J connectivity index is 1.36. The van der Waals surface area contributed by atoms with E-state index in [0.717, 1.165) is 24.8 Å². The molecule has 2 aliphatic rings. The summed E-state index contributed by atoms with van der Waals surface area (Å²) in [6, 6.07) is 8.99. The SMILES string of the molecule is O=C(O)N1CCC[C@@H](Oc2nc(-c3cnn4ccccc34)nc(-c3ccnc(COC4CCCCO4)c3)c2F)C1. The highest BCUT2D eigenvalue weighted by Gasteiger charge is 2.28. The van der Waals surface area contributed by atoms with Gasteiger partial charge in [0.2, 0.25) is 5.82 Å². The van der Waals surface area contributed by atoms with Gasteiger partial charge in [-0.3, -0.25) is 4.98 Å². The highest BCUT2D eigenvalue weighted by atomic mass is 19.1. The third-order valence-electron chi connectivity index (χ3n) is 7.06. The number of hydrogen-bond acceptors (Lipinski definition) is 8. The van der Waals surface area contributed by atoms with E-state index in [1.54, 1.807) is 35.2 Å². The molecule has 4 aromatic rings. The minimum absolute atomic E-state index is 0.0405. The monoisotopic (exact) mass is 548 g/mol. The van der Waals surface area contributed by atoms with E-state index in [-0.39, 0.29) is 36.8 Å². The fraction of sp³-hybridized carbons (Fsp3) is 0.393. The summed E-state index contributed by atoms with van der Waals surface area (Å²) in [5.74, 6) is -0.734. The molecule has 6 rings (SSSR count). The molecule has 1 amide bonds. The Hall–Kier alpha value is -4.16. The highest BCUT2D eigenvalue weighted by Crippen LogP contribution is 2.32. The van der Waals surface area contributed by atoms with Gasteiger partial charge in [0.05, 0.1) is 36.1 Å². The number of nitrogens with zero attached hydrogens (tertiary/aromatic N) is 6. The van der Waals surface area contributed by atoms with Gasteiger partial charge in [-0.15, -0.1) is 0 Å².